The summed E-state index contributed by atoms with van der Waals surface area (Å²) in [6.45, 7) is 6.26. The van der Waals surface area contributed by atoms with Gasteiger partial charge in [0.1, 0.15) is 12.4 Å². The summed E-state index contributed by atoms with van der Waals surface area (Å²) in [7, 11) is 0. The monoisotopic (exact) mass is 348 g/mol. The van der Waals surface area contributed by atoms with E-state index < -0.39 is 0 Å². The van der Waals surface area contributed by atoms with Crippen molar-refractivity contribution in [2.45, 2.75) is 49.6 Å². The summed E-state index contributed by atoms with van der Waals surface area (Å²) in [4.78, 5) is 0. The molecule has 1 aliphatic rings. The van der Waals surface area contributed by atoms with E-state index in [0.717, 1.165) is 37.0 Å². The van der Waals surface area contributed by atoms with Crippen LogP contribution < -0.4 is 10.6 Å². The molecule has 6 nitrogen and oxygen atoms in total. The molecule has 2 heterocycles. The lowest BCUT2D eigenvalue weighted by atomic mass is 10.0. The lowest BCUT2D eigenvalue weighted by Crippen LogP contribution is -2.20. The first-order valence-electron chi connectivity index (χ1n) is 8.30. The van der Waals surface area contributed by atoms with E-state index in [1.807, 2.05) is 12.1 Å². The second-order valence-electron chi connectivity index (χ2n) is 6.21. The summed E-state index contributed by atoms with van der Waals surface area (Å²) in [6.07, 6.45) is 2.04. The maximum atomic E-state index is 6.11. The Morgan fingerprint density at radius 3 is 2.62 bits per heavy atom. The van der Waals surface area contributed by atoms with Crippen molar-refractivity contribution in [3.05, 3.63) is 35.7 Å². The van der Waals surface area contributed by atoms with E-state index in [4.69, 9.17) is 15.3 Å². The molecule has 0 spiro atoms. The van der Waals surface area contributed by atoms with Crippen LogP contribution in [0.4, 0.5) is 0 Å². The van der Waals surface area contributed by atoms with E-state index in [9.17, 15) is 0 Å². The standard InChI is InChI=1S/C17H24N4O2S/c1-12(2)13-3-5-14(6-4-13)23-11-16-19-20-17(21(16)18)24-15-7-9-22-10-8-15/h3-6,12,15H,7-11,18H2,1-2H3. The van der Waals surface area contributed by atoms with Gasteiger partial charge < -0.3 is 15.3 Å². The van der Waals surface area contributed by atoms with Gasteiger partial charge in [0.2, 0.25) is 5.16 Å². The Morgan fingerprint density at radius 2 is 1.96 bits per heavy atom. The number of thioether (sulfide) groups is 1. The molecular weight excluding hydrogens is 324 g/mol. The van der Waals surface area contributed by atoms with Gasteiger partial charge in [-0.1, -0.05) is 37.7 Å². The summed E-state index contributed by atoms with van der Waals surface area (Å²) in [5.41, 5.74) is 1.29. The summed E-state index contributed by atoms with van der Waals surface area (Å²) in [5, 5.41) is 9.56. The largest absolute Gasteiger partial charge is 0.486 e. The zero-order valence-electron chi connectivity index (χ0n) is 14.1. The fourth-order valence-electron chi connectivity index (χ4n) is 2.53. The van der Waals surface area contributed by atoms with E-state index in [0.29, 0.717) is 23.6 Å². The molecule has 1 saturated heterocycles. The van der Waals surface area contributed by atoms with Crippen molar-refractivity contribution in [1.29, 1.82) is 0 Å². The van der Waals surface area contributed by atoms with E-state index in [1.54, 1.807) is 11.8 Å². The maximum absolute atomic E-state index is 6.11. The molecule has 0 radical (unpaired) electrons. The van der Waals surface area contributed by atoms with Crippen molar-refractivity contribution in [1.82, 2.24) is 14.9 Å². The smallest absolute Gasteiger partial charge is 0.210 e. The highest BCUT2D eigenvalue weighted by Crippen LogP contribution is 2.28. The van der Waals surface area contributed by atoms with Crippen molar-refractivity contribution in [2.75, 3.05) is 19.1 Å². The molecule has 0 atom stereocenters. The highest BCUT2D eigenvalue weighted by Gasteiger charge is 2.19. The summed E-state index contributed by atoms with van der Waals surface area (Å²) >= 11 is 1.67. The minimum atomic E-state index is 0.304. The Labute approximate surface area is 146 Å². The molecule has 2 N–H and O–H groups in total. The third-order valence-corrected chi connectivity index (χ3v) is 5.38. The number of benzene rings is 1. The average molecular weight is 348 g/mol. The van der Waals surface area contributed by atoms with Crippen molar-refractivity contribution >= 4 is 11.8 Å². The third-order valence-electron chi connectivity index (χ3n) is 4.09. The summed E-state index contributed by atoms with van der Waals surface area (Å²) in [6, 6.07) is 8.12. The van der Waals surface area contributed by atoms with Crippen molar-refractivity contribution in [3.8, 4) is 5.75 Å². The molecule has 7 heteroatoms. The van der Waals surface area contributed by atoms with Crippen LogP contribution in [0.5, 0.6) is 5.75 Å². The van der Waals surface area contributed by atoms with Crippen molar-refractivity contribution in [2.24, 2.45) is 0 Å². The SMILES string of the molecule is CC(C)c1ccc(OCc2nnc(SC3CCOCC3)n2N)cc1. The van der Waals surface area contributed by atoms with Crippen LogP contribution in [0.25, 0.3) is 0 Å². The van der Waals surface area contributed by atoms with Gasteiger partial charge in [-0.3, -0.25) is 0 Å². The van der Waals surface area contributed by atoms with Gasteiger partial charge >= 0.3 is 0 Å². The minimum Gasteiger partial charge on any atom is -0.486 e. The number of nitrogens with zero attached hydrogens (tertiary/aromatic N) is 3. The van der Waals surface area contributed by atoms with Gasteiger partial charge in [-0.05, 0) is 36.5 Å². The number of aromatic nitrogens is 3. The van der Waals surface area contributed by atoms with Crippen LogP contribution >= 0.6 is 11.8 Å². The van der Waals surface area contributed by atoms with E-state index >= 15 is 0 Å². The number of ether oxygens (including phenoxy) is 2. The number of nitrogen functional groups attached to an aromatic ring is 1. The van der Waals surface area contributed by atoms with Gasteiger partial charge in [0.25, 0.3) is 0 Å². The van der Waals surface area contributed by atoms with Crippen LogP contribution in [-0.2, 0) is 11.3 Å². The maximum Gasteiger partial charge on any atom is 0.210 e. The van der Waals surface area contributed by atoms with Crippen molar-refractivity contribution < 1.29 is 9.47 Å². The molecule has 24 heavy (non-hydrogen) atoms. The van der Waals surface area contributed by atoms with Gasteiger partial charge in [0.05, 0.1) is 0 Å². The highest BCUT2D eigenvalue weighted by molar-refractivity contribution is 7.99. The molecule has 1 fully saturated rings. The van der Waals surface area contributed by atoms with Gasteiger partial charge in [0, 0.05) is 18.5 Å². The minimum absolute atomic E-state index is 0.304. The molecule has 0 saturated carbocycles. The molecule has 0 aliphatic carbocycles. The second-order valence-corrected chi connectivity index (χ2v) is 7.48. The van der Waals surface area contributed by atoms with Crippen LogP contribution in [0.15, 0.2) is 29.4 Å². The topological polar surface area (TPSA) is 75.2 Å². The summed E-state index contributed by atoms with van der Waals surface area (Å²) in [5.74, 6) is 8.05. The van der Waals surface area contributed by atoms with E-state index in [-0.39, 0.29) is 0 Å². The van der Waals surface area contributed by atoms with Gasteiger partial charge in [-0.2, -0.15) is 0 Å². The highest BCUT2D eigenvalue weighted by atomic mass is 32.2. The molecule has 130 valence electrons. The Balaban J connectivity index is 1.57. The van der Waals surface area contributed by atoms with E-state index in [1.165, 1.54) is 10.2 Å². The van der Waals surface area contributed by atoms with Crippen LogP contribution in [-0.4, -0.2) is 33.3 Å². The number of nitrogens with two attached hydrogens (primary N) is 1. The molecule has 1 aliphatic heterocycles. The quantitative estimate of drug-likeness (QED) is 0.809. The lowest BCUT2D eigenvalue weighted by molar-refractivity contribution is 0.0999. The predicted octanol–water partition coefficient (Wildman–Crippen LogP) is 2.97. The molecule has 0 unspecified atom stereocenters. The van der Waals surface area contributed by atoms with Crippen LogP contribution in [0.1, 0.15) is 44.0 Å². The fraction of sp³-hybridized carbons (Fsp3) is 0.529. The zero-order chi connectivity index (χ0) is 16.9. The number of rotatable bonds is 6. The van der Waals surface area contributed by atoms with Gasteiger partial charge in [-0.15, -0.1) is 10.2 Å². The van der Waals surface area contributed by atoms with Crippen LogP contribution in [0.2, 0.25) is 0 Å². The average Bonchev–Trinajstić information content (AvgIpc) is 2.94. The second kappa shape index (κ2) is 7.90. The van der Waals surface area contributed by atoms with Crippen LogP contribution in [0.3, 0.4) is 0 Å². The molecule has 1 aromatic heterocycles. The normalized spacial score (nSPS) is 15.8. The number of hydrogen-bond donors (Lipinski definition) is 1. The first-order chi connectivity index (χ1) is 11.6. The van der Waals surface area contributed by atoms with Crippen molar-refractivity contribution in [3.63, 3.8) is 0 Å². The zero-order valence-corrected chi connectivity index (χ0v) is 15.0. The molecule has 0 bridgehead atoms. The summed E-state index contributed by atoms with van der Waals surface area (Å²) < 4.78 is 12.7. The Bertz CT molecular complexity index is 651. The fourth-order valence-corrected chi connectivity index (χ4v) is 3.56. The molecule has 3 rings (SSSR count). The molecular formula is C17H24N4O2S. The number of hydrogen-bond acceptors (Lipinski definition) is 6. The first-order valence-corrected chi connectivity index (χ1v) is 9.18. The lowest BCUT2D eigenvalue weighted by Gasteiger charge is -2.20. The Morgan fingerprint density at radius 1 is 1.25 bits per heavy atom. The molecule has 1 aromatic carbocycles. The van der Waals surface area contributed by atoms with Gasteiger partial charge in [0.15, 0.2) is 5.82 Å². The third kappa shape index (κ3) is 4.21. The van der Waals surface area contributed by atoms with E-state index in [2.05, 4.69) is 36.2 Å². The Kier molecular flexibility index (Phi) is 5.63. The molecule has 0 amide bonds. The predicted molar refractivity (Wildman–Crippen MR) is 94.7 cm³/mol. The van der Waals surface area contributed by atoms with Gasteiger partial charge in [-0.25, -0.2) is 4.68 Å². The Hall–Kier alpha value is -1.73. The van der Waals surface area contributed by atoms with Crippen LogP contribution in [0, 0.1) is 0 Å². The first kappa shape index (κ1) is 17.1. The molecule has 2 aromatic rings.